The Balaban J connectivity index is 1.27. The summed E-state index contributed by atoms with van der Waals surface area (Å²) in [4.78, 5) is 51.8. The molecule has 0 bridgehead atoms. The van der Waals surface area contributed by atoms with Crippen molar-refractivity contribution in [3.05, 3.63) is 150 Å². The molecule has 1 saturated carbocycles. The van der Waals surface area contributed by atoms with Crippen LogP contribution in [0.3, 0.4) is 0 Å². The second-order valence-corrected chi connectivity index (χ2v) is 24.0. The van der Waals surface area contributed by atoms with Crippen LogP contribution in [0, 0.1) is 5.92 Å². The maximum atomic E-state index is 14.1. The number of aromatic nitrogens is 3. The summed E-state index contributed by atoms with van der Waals surface area (Å²) in [6.07, 6.45) is 4.23. The molecule has 1 amide bonds. The molecule has 4 atom stereocenters. The lowest BCUT2D eigenvalue weighted by Crippen LogP contribution is -2.49. The summed E-state index contributed by atoms with van der Waals surface area (Å²) >= 11 is 0. The first-order chi connectivity index (χ1) is 32.1. The van der Waals surface area contributed by atoms with Crippen LogP contribution in [0.1, 0.15) is 92.0 Å². The summed E-state index contributed by atoms with van der Waals surface area (Å²) in [6.45, 7) is 13.2. The van der Waals surface area contributed by atoms with Gasteiger partial charge in [0.2, 0.25) is 0 Å². The normalized spacial score (nSPS) is 18.7. The lowest BCUT2D eigenvalue weighted by molar-refractivity contribution is -0.159. The number of amides is 1. The summed E-state index contributed by atoms with van der Waals surface area (Å²) in [5.41, 5.74) is 3.81. The van der Waals surface area contributed by atoms with Crippen molar-refractivity contribution in [1.29, 1.82) is 0 Å². The molecule has 67 heavy (non-hydrogen) atoms. The minimum absolute atomic E-state index is 0.0546. The molecule has 0 unspecified atom stereocenters. The second-order valence-electron chi connectivity index (χ2n) is 19.3. The molecule has 8 rings (SSSR count). The van der Waals surface area contributed by atoms with E-state index in [1.54, 1.807) is 19.1 Å². The van der Waals surface area contributed by atoms with Gasteiger partial charge in [-0.2, -0.15) is 0 Å². The Morgan fingerprint density at radius 1 is 0.761 bits per heavy atom. The third kappa shape index (κ3) is 9.55. The van der Waals surface area contributed by atoms with Gasteiger partial charge in [-0.05, 0) is 103 Å². The number of methoxy groups -OCH3 is 2. The number of benzene rings is 4. The van der Waals surface area contributed by atoms with Gasteiger partial charge in [-0.15, -0.1) is 0 Å². The van der Waals surface area contributed by atoms with E-state index in [1.165, 1.54) is 13.3 Å². The molecule has 3 heterocycles. The fraction of sp³-hybridized carbons (Fsp3) is 0.389. The van der Waals surface area contributed by atoms with Crippen LogP contribution >= 0.6 is 0 Å². The van der Waals surface area contributed by atoms with Crippen LogP contribution in [0.4, 0.5) is 5.82 Å². The van der Waals surface area contributed by atoms with E-state index in [0.29, 0.717) is 47.9 Å². The van der Waals surface area contributed by atoms with Crippen molar-refractivity contribution < 1.29 is 37.8 Å². The van der Waals surface area contributed by atoms with Crippen molar-refractivity contribution in [2.24, 2.45) is 5.92 Å². The number of ketones is 1. The molecule has 2 aromatic heterocycles. The van der Waals surface area contributed by atoms with Gasteiger partial charge in [0, 0.05) is 30.6 Å². The lowest BCUT2D eigenvalue weighted by atomic mass is 9.79. The van der Waals surface area contributed by atoms with Crippen LogP contribution in [-0.2, 0) is 35.5 Å². The number of hydrogen-bond acceptors (Lipinski definition) is 10. The number of carbonyl (C=O) groups excluding carboxylic acids is 3. The Hall–Kier alpha value is -6.15. The summed E-state index contributed by atoms with van der Waals surface area (Å²) in [5, 5.41) is 0.631. The van der Waals surface area contributed by atoms with E-state index < -0.39 is 38.0 Å². The van der Waals surface area contributed by atoms with E-state index in [2.05, 4.69) is 56.8 Å². The molecule has 0 N–H and O–H groups in total. The molecule has 1 aliphatic carbocycles. The first-order valence-corrected chi connectivity index (χ1v) is 26.1. The fourth-order valence-corrected chi connectivity index (χ4v) is 10.7. The minimum Gasteiger partial charge on any atom is -0.497 e. The van der Waals surface area contributed by atoms with Gasteiger partial charge in [-0.1, -0.05) is 93.6 Å². The monoisotopic (exact) mass is 922 g/mol. The maximum absolute atomic E-state index is 14.1. The number of hydrogen-bond donors (Lipinski definition) is 0. The van der Waals surface area contributed by atoms with Crippen molar-refractivity contribution in [2.75, 3.05) is 32.3 Å². The van der Waals surface area contributed by atoms with Gasteiger partial charge >= 0.3 is 5.97 Å². The zero-order chi connectivity index (χ0) is 47.5. The predicted molar refractivity (Wildman–Crippen MR) is 261 cm³/mol. The van der Waals surface area contributed by atoms with E-state index in [-0.39, 0.29) is 42.2 Å². The highest BCUT2D eigenvalue weighted by molar-refractivity contribution is 6.74. The van der Waals surface area contributed by atoms with Crippen LogP contribution in [-0.4, -0.2) is 80.1 Å². The highest BCUT2D eigenvalue weighted by Gasteiger charge is 2.53. The zero-order valence-corrected chi connectivity index (χ0v) is 40.9. The molecule has 0 spiro atoms. The topological polar surface area (TPSA) is 131 Å². The average Bonchev–Trinajstić information content (AvgIpc) is 3.79. The molecule has 0 saturated heterocycles. The van der Waals surface area contributed by atoms with Crippen LogP contribution in [0.15, 0.2) is 122 Å². The fourth-order valence-electron chi connectivity index (χ4n) is 9.38. The first-order valence-electron chi connectivity index (χ1n) is 23.2. The summed E-state index contributed by atoms with van der Waals surface area (Å²) < 4.78 is 35.1. The van der Waals surface area contributed by atoms with Gasteiger partial charge in [-0.25, -0.2) is 9.97 Å². The Bertz CT molecular complexity index is 2640. The minimum atomic E-state index is -2.59. The third-order valence-corrected chi connectivity index (χ3v) is 18.4. The zero-order valence-electron chi connectivity index (χ0n) is 39.9. The molecule has 12 nitrogen and oxygen atoms in total. The van der Waals surface area contributed by atoms with E-state index in [0.717, 1.165) is 34.1 Å². The molecule has 1 fully saturated rings. The standard InChI is InChI=1S/C54H62N4O8Si/c1-36(59)21-30-46(60)65-48-39(34-64-54(40-19-13-10-14-20-40,41-22-26-43(62-5)27-23-41)42-24-28-44(63-6)29-25-42)32-45(49(48)66-67(7,8)53(2,3)4)58-33-38-18-15-31-57(50-47(38)51(58)56-35-55-50)52(61)37-16-11-9-12-17-37/h9-14,16-17,19-20,22-29,33,35,39,45,48-49H,15,18,21,30-32,34H2,1-8H3/t39-,45-,48-,49+/m1/s1. The number of anilines is 1. The first kappa shape index (κ1) is 47.3. The largest absolute Gasteiger partial charge is 0.497 e. The lowest BCUT2D eigenvalue weighted by Gasteiger charge is -2.41. The van der Waals surface area contributed by atoms with E-state index in [9.17, 15) is 14.4 Å². The van der Waals surface area contributed by atoms with Crippen molar-refractivity contribution in [1.82, 2.24) is 14.5 Å². The van der Waals surface area contributed by atoms with Crippen LogP contribution in [0.25, 0.3) is 11.0 Å². The van der Waals surface area contributed by atoms with Gasteiger partial charge in [-0.3, -0.25) is 14.5 Å². The predicted octanol–water partition coefficient (Wildman–Crippen LogP) is 10.3. The van der Waals surface area contributed by atoms with Crippen molar-refractivity contribution in [3.8, 4) is 11.5 Å². The Morgan fingerprint density at radius 2 is 1.36 bits per heavy atom. The smallest absolute Gasteiger partial charge is 0.306 e. The van der Waals surface area contributed by atoms with Gasteiger partial charge in [0.25, 0.3) is 5.91 Å². The molecule has 6 aromatic rings. The van der Waals surface area contributed by atoms with Gasteiger partial charge in [0.15, 0.2) is 8.32 Å². The maximum Gasteiger partial charge on any atom is 0.306 e. The molecule has 13 heteroatoms. The Morgan fingerprint density at radius 3 is 1.94 bits per heavy atom. The number of nitrogens with zero attached hydrogens (tertiary/aromatic N) is 4. The quantitative estimate of drug-likeness (QED) is 0.0525. The number of Topliss-reactive ketones (excluding diaryl/α,β-unsaturated/α-hetero) is 1. The highest BCUT2D eigenvalue weighted by Crippen LogP contribution is 2.49. The molecule has 0 radical (unpaired) electrons. The number of esters is 1. The van der Waals surface area contributed by atoms with Gasteiger partial charge in [0.05, 0.1) is 38.7 Å². The molecule has 1 aliphatic heterocycles. The molecular weight excluding hydrogens is 861 g/mol. The van der Waals surface area contributed by atoms with Crippen molar-refractivity contribution in [3.63, 3.8) is 0 Å². The second kappa shape index (κ2) is 19.6. The summed E-state index contributed by atoms with van der Waals surface area (Å²) in [7, 11) is 0.703. The van der Waals surface area contributed by atoms with Gasteiger partial charge < -0.3 is 32.7 Å². The van der Waals surface area contributed by atoms with Crippen LogP contribution < -0.4 is 14.4 Å². The van der Waals surface area contributed by atoms with Crippen molar-refractivity contribution >= 4 is 42.8 Å². The number of ether oxygens (including phenoxy) is 4. The number of aryl methyl sites for hydroxylation is 1. The molecular formula is C54H62N4O8Si. The summed E-state index contributed by atoms with van der Waals surface area (Å²) in [6, 6.07) is 34.9. The molecule has 350 valence electrons. The van der Waals surface area contributed by atoms with Crippen molar-refractivity contribution in [2.45, 2.75) is 102 Å². The SMILES string of the molecule is COc1ccc(C(OC[C@H]2C[C@@H](n3cc4c5c(ncnc53)N(C(=O)c3ccccc3)CCC4)[C@H](O[Si](C)(C)C(C)(C)C)[C@@H]2OC(=O)CCC(C)=O)(c2ccccc2)c2ccc(OC)cc2)cc1. The van der Waals surface area contributed by atoms with E-state index >= 15 is 0 Å². The molecule has 2 aliphatic rings. The Labute approximate surface area is 394 Å². The Kier molecular flexibility index (Phi) is 13.8. The van der Waals surface area contributed by atoms with E-state index in [4.69, 9.17) is 33.3 Å². The number of rotatable bonds is 16. The van der Waals surface area contributed by atoms with Crippen LogP contribution in [0.2, 0.25) is 18.1 Å². The van der Waals surface area contributed by atoms with Gasteiger partial charge in [0.1, 0.15) is 52.9 Å². The summed E-state index contributed by atoms with van der Waals surface area (Å²) in [5.74, 6) is 0.910. The average molecular weight is 923 g/mol. The van der Waals surface area contributed by atoms with Crippen LogP contribution in [0.5, 0.6) is 11.5 Å². The number of carbonyl (C=O) groups is 3. The van der Waals surface area contributed by atoms with E-state index in [1.807, 2.05) is 97.1 Å². The third-order valence-electron chi connectivity index (χ3n) is 14.0. The molecule has 4 aromatic carbocycles. The highest BCUT2D eigenvalue weighted by atomic mass is 28.4.